The van der Waals surface area contributed by atoms with E-state index in [0.717, 1.165) is 18.2 Å². The second kappa shape index (κ2) is 7.01. The average molecular weight is 417 g/mol. The minimum atomic E-state index is -4.59. The first-order chi connectivity index (χ1) is 14.1. The maximum absolute atomic E-state index is 13.6. The molecule has 154 valence electrons. The fourth-order valence-corrected chi connectivity index (χ4v) is 3.47. The molecule has 1 aromatic heterocycles. The van der Waals surface area contributed by atoms with Gasteiger partial charge in [-0.1, -0.05) is 0 Å². The van der Waals surface area contributed by atoms with Crippen LogP contribution in [0.5, 0.6) is 0 Å². The van der Waals surface area contributed by atoms with Crippen molar-refractivity contribution in [3.63, 3.8) is 0 Å². The molecule has 0 bridgehead atoms. The van der Waals surface area contributed by atoms with E-state index in [9.17, 15) is 27.2 Å². The van der Waals surface area contributed by atoms with E-state index < -0.39 is 29.0 Å². The lowest BCUT2D eigenvalue weighted by Crippen LogP contribution is -2.45. The van der Waals surface area contributed by atoms with Crippen molar-refractivity contribution in [2.24, 2.45) is 0 Å². The number of aryl methyl sites for hydroxylation is 1. The molecule has 4 rings (SSSR count). The lowest BCUT2D eigenvalue weighted by molar-refractivity contribution is -0.137. The van der Waals surface area contributed by atoms with Crippen molar-refractivity contribution in [1.29, 1.82) is 0 Å². The normalized spacial score (nSPS) is 14.1. The summed E-state index contributed by atoms with van der Waals surface area (Å²) in [6.45, 7) is 1.47. The minimum absolute atomic E-state index is 0.0401. The molecule has 0 atom stereocenters. The van der Waals surface area contributed by atoms with Crippen LogP contribution in [0.2, 0.25) is 0 Å². The number of nitrogens with one attached hydrogen (secondary N) is 1. The Morgan fingerprint density at radius 1 is 0.933 bits per heavy atom. The number of fused-ring (bicyclic) bond motifs is 1. The number of rotatable bonds is 2. The topological polar surface area (TPSA) is 56.4 Å². The van der Waals surface area contributed by atoms with E-state index >= 15 is 0 Å². The van der Waals surface area contributed by atoms with Crippen molar-refractivity contribution < 1.29 is 22.4 Å². The Bertz CT molecular complexity index is 1200. The molecule has 1 N–H and O–H groups in total. The van der Waals surface area contributed by atoms with Gasteiger partial charge in [0.15, 0.2) is 0 Å². The van der Waals surface area contributed by atoms with Crippen LogP contribution in [-0.2, 0) is 6.18 Å². The summed E-state index contributed by atoms with van der Waals surface area (Å²) in [5, 5.41) is 0. The maximum atomic E-state index is 13.6. The van der Waals surface area contributed by atoms with Crippen molar-refractivity contribution in [3.05, 3.63) is 87.6 Å². The number of benzene rings is 2. The van der Waals surface area contributed by atoms with E-state index in [1.165, 1.54) is 46.3 Å². The highest BCUT2D eigenvalue weighted by molar-refractivity contribution is 6.12. The molecule has 0 fully saturated rings. The predicted molar refractivity (Wildman–Crippen MR) is 103 cm³/mol. The number of H-pyrrole nitrogens is 1. The molecule has 0 radical (unpaired) electrons. The number of nitrogens with zero attached hydrogens (tertiary/aromatic N) is 2. The van der Waals surface area contributed by atoms with Crippen molar-refractivity contribution >= 4 is 23.0 Å². The highest BCUT2D eigenvalue weighted by atomic mass is 19.4. The minimum Gasteiger partial charge on any atom is -0.329 e. The van der Waals surface area contributed by atoms with Gasteiger partial charge in [-0.3, -0.25) is 14.5 Å². The second-order valence-electron chi connectivity index (χ2n) is 6.87. The first-order valence-electron chi connectivity index (χ1n) is 8.91. The number of anilines is 3. The van der Waals surface area contributed by atoms with E-state index in [-0.39, 0.29) is 17.9 Å². The highest BCUT2D eigenvalue weighted by Gasteiger charge is 2.36. The molecule has 1 amide bonds. The van der Waals surface area contributed by atoms with Gasteiger partial charge in [-0.2, -0.15) is 13.2 Å². The molecular weight excluding hydrogens is 402 g/mol. The van der Waals surface area contributed by atoms with E-state index in [0.29, 0.717) is 16.9 Å². The van der Waals surface area contributed by atoms with Crippen LogP contribution in [0.4, 0.5) is 34.6 Å². The smallest absolute Gasteiger partial charge is 0.329 e. The molecule has 1 aliphatic heterocycles. The van der Waals surface area contributed by atoms with Gasteiger partial charge in [-0.15, -0.1) is 0 Å². The zero-order valence-electron chi connectivity index (χ0n) is 15.6. The highest BCUT2D eigenvalue weighted by Crippen LogP contribution is 2.40. The molecule has 2 aromatic carbocycles. The van der Waals surface area contributed by atoms with Crippen molar-refractivity contribution in [2.75, 3.05) is 16.5 Å². The molecule has 0 aliphatic carbocycles. The molecular formula is C21H15F4N3O2. The van der Waals surface area contributed by atoms with Gasteiger partial charge in [0, 0.05) is 18.0 Å². The number of halogens is 4. The number of aromatic nitrogens is 1. The van der Waals surface area contributed by atoms with Gasteiger partial charge in [0.2, 0.25) is 5.56 Å². The Kier molecular flexibility index (Phi) is 4.60. The Balaban J connectivity index is 1.92. The summed E-state index contributed by atoms with van der Waals surface area (Å²) in [6.07, 6.45) is -3.22. The van der Waals surface area contributed by atoms with E-state index in [4.69, 9.17) is 0 Å². The van der Waals surface area contributed by atoms with Crippen LogP contribution in [-0.4, -0.2) is 17.6 Å². The fourth-order valence-electron chi connectivity index (χ4n) is 3.47. The molecule has 0 saturated carbocycles. The number of pyridine rings is 1. The number of carbonyl (C=O) groups excluding carboxylic acids is 1. The standard InChI is InChI=1S/C21H15F4N3O2/c1-12-8-14(22)3-5-17(12)28-11-27(15-6-7-26-19(29)10-15)20(30)16-4-2-13(9-18(16)28)21(23,24)25/h2-10H,11H2,1H3,(H,26,29). The molecule has 5 nitrogen and oxygen atoms in total. The summed E-state index contributed by atoms with van der Waals surface area (Å²) >= 11 is 0. The number of hydrogen-bond acceptors (Lipinski definition) is 3. The quantitative estimate of drug-likeness (QED) is 0.621. The Morgan fingerprint density at radius 3 is 2.37 bits per heavy atom. The first-order valence-corrected chi connectivity index (χ1v) is 8.91. The summed E-state index contributed by atoms with van der Waals surface area (Å²) in [4.78, 5) is 30.0. The zero-order chi connectivity index (χ0) is 21.6. The predicted octanol–water partition coefficient (Wildman–Crippen LogP) is 4.60. The molecule has 0 unspecified atom stereocenters. The van der Waals surface area contributed by atoms with Gasteiger partial charge in [0.1, 0.15) is 12.5 Å². The maximum Gasteiger partial charge on any atom is 0.416 e. The van der Waals surface area contributed by atoms with E-state index in [2.05, 4.69) is 4.98 Å². The van der Waals surface area contributed by atoms with Crippen LogP contribution >= 0.6 is 0 Å². The third-order valence-electron chi connectivity index (χ3n) is 4.89. The summed E-state index contributed by atoms with van der Waals surface area (Å²) in [5.74, 6) is -1.03. The molecule has 3 aromatic rings. The van der Waals surface area contributed by atoms with Crippen LogP contribution in [0.3, 0.4) is 0 Å². The van der Waals surface area contributed by atoms with E-state index in [1.807, 2.05) is 0 Å². The molecule has 30 heavy (non-hydrogen) atoms. The number of hydrogen-bond donors (Lipinski definition) is 1. The largest absolute Gasteiger partial charge is 0.416 e. The lowest BCUT2D eigenvalue weighted by atomic mass is 10.0. The van der Waals surface area contributed by atoms with Gasteiger partial charge in [0.25, 0.3) is 5.91 Å². The van der Waals surface area contributed by atoms with E-state index in [1.54, 1.807) is 6.92 Å². The summed E-state index contributed by atoms with van der Waals surface area (Å²) < 4.78 is 53.5. The van der Waals surface area contributed by atoms with Gasteiger partial charge in [0.05, 0.1) is 22.5 Å². The zero-order valence-corrected chi connectivity index (χ0v) is 15.6. The third-order valence-corrected chi connectivity index (χ3v) is 4.89. The number of amides is 1. The molecule has 0 spiro atoms. The first kappa shape index (κ1) is 19.7. The summed E-state index contributed by atoms with van der Waals surface area (Å²) in [5.41, 5.74) is -0.00715. The van der Waals surface area contributed by atoms with Crippen molar-refractivity contribution in [3.8, 4) is 0 Å². The molecule has 9 heteroatoms. The SMILES string of the molecule is Cc1cc(F)ccc1N1CN(c2cc[nH]c(=O)c2)C(=O)c2ccc(C(F)(F)F)cc21. The van der Waals surface area contributed by atoms with Crippen molar-refractivity contribution in [2.45, 2.75) is 13.1 Å². The Morgan fingerprint density at radius 2 is 1.70 bits per heavy atom. The lowest BCUT2D eigenvalue weighted by Gasteiger charge is -2.39. The van der Waals surface area contributed by atoms with Crippen LogP contribution in [0.1, 0.15) is 21.5 Å². The third kappa shape index (κ3) is 3.42. The van der Waals surface area contributed by atoms with Crippen LogP contribution < -0.4 is 15.4 Å². The average Bonchev–Trinajstić information content (AvgIpc) is 2.68. The van der Waals surface area contributed by atoms with Gasteiger partial charge in [-0.25, -0.2) is 4.39 Å². The number of aromatic amines is 1. The Hall–Kier alpha value is -3.62. The van der Waals surface area contributed by atoms with Crippen LogP contribution in [0.15, 0.2) is 59.5 Å². The monoisotopic (exact) mass is 417 g/mol. The van der Waals surface area contributed by atoms with Crippen molar-refractivity contribution in [1.82, 2.24) is 4.98 Å². The molecule has 1 aliphatic rings. The summed E-state index contributed by atoms with van der Waals surface area (Å²) in [7, 11) is 0. The van der Waals surface area contributed by atoms with Gasteiger partial charge in [-0.05, 0) is 55.0 Å². The Labute approximate surface area is 168 Å². The number of carbonyl (C=O) groups is 1. The van der Waals surface area contributed by atoms with Crippen LogP contribution in [0, 0.1) is 12.7 Å². The number of alkyl halides is 3. The fraction of sp³-hybridized carbons (Fsp3) is 0.143. The molecule has 0 saturated heterocycles. The van der Waals surface area contributed by atoms with Gasteiger partial charge < -0.3 is 9.88 Å². The summed E-state index contributed by atoms with van der Waals surface area (Å²) in [6, 6.07) is 9.51. The molecule has 2 heterocycles. The van der Waals surface area contributed by atoms with Gasteiger partial charge >= 0.3 is 6.18 Å². The van der Waals surface area contributed by atoms with Crippen LogP contribution in [0.25, 0.3) is 0 Å². The second-order valence-corrected chi connectivity index (χ2v) is 6.87.